The normalized spacial score (nSPS) is 19.8. The summed E-state index contributed by atoms with van der Waals surface area (Å²) in [5.74, 6) is 0.515. The molecule has 2 heterocycles. The molecule has 7 heteroatoms. The van der Waals surface area contributed by atoms with Crippen molar-refractivity contribution in [3.8, 4) is 0 Å². The maximum absolute atomic E-state index is 12.1. The third kappa shape index (κ3) is 3.76. The molecule has 0 saturated heterocycles. The van der Waals surface area contributed by atoms with Crippen molar-refractivity contribution in [3.63, 3.8) is 0 Å². The van der Waals surface area contributed by atoms with Gasteiger partial charge in [0.05, 0.1) is 30.5 Å². The van der Waals surface area contributed by atoms with Crippen molar-refractivity contribution >= 4 is 33.3 Å². The molecule has 25 heavy (non-hydrogen) atoms. The zero-order chi connectivity index (χ0) is 18.0. The van der Waals surface area contributed by atoms with Crippen LogP contribution in [0.4, 0.5) is 5.69 Å². The Morgan fingerprint density at radius 2 is 2.08 bits per heavy atom. The molecule has 0 aliphatic carbocycles. The van der Waals surface area contributed by atoms with E-state index in [1.807, 2.05) is 56.1 Å². The van der Waals surface area contributed by atoms with Crippen LogP contribution in [0.25, 0.3) is 0 Å². The summed E-state index contributed by atoms with van der Waals surface area (Å²) in [5.41, 5.74) is 2.44. The van der Waals surface area contributed by atoms with Crippen molar-refractivity contribution in [2.24, 2.45) is 11.0 Å². The first kappa shape index (κ1) is 17.7. The predicted molar refractivity (Wildman–Crippen MR) is 98.6 cm³/mol. The van der Waals surface area contributed by atoms with Gasteiger partial charge in [0.1, 0.15) is 11.5 Å². The largest absolute Gasteiger partial charge is 0.466 e. The number of anilines is 1. The fourth-order valence-electron chi connectivity index (χ4n) is 2.94. The van der Waals surface area contributed by atoms with Gasteiger partial charge in [-0.1, -0.05) is 28.0 Å². The predicted octanol–water partition coefficient (Wildman–Crippen LogP) is 3.93. The summed E-state index contributed by atoms with van der Waals surface area (Å²) < 4.78 is 11.3. The highest BCUT2D eigenvalue weighted by atomic mass is 79.9. The number of rotatable bonds is 5. The molecule has 0 saturated carbocycles. The molecule has 132 valence electrons. The summed E-state index contributed by atoms with van der Waals surface area (Å²) in [6, 6.07) is 9.57. The number of esters is 1. The molecule has 1 aromatic heterocycles. The summed E-state index contributed by atoms with van der Waals surface area (Å²) >= 11 is 3.44. The molecule has 0 fully saturated rings. The van der Waals surface area contributed by atoms with Gasteiger partial charge >= 0.3 is 5.97 Å². The summed E-state index contributed by atoms with van der Waals surface area (Å²) in [6.07, 6.45) is 0.259. The van der Waals surface area contributed by atoms with Crippen LogP contribution >= 0.6 is 15.9 Å². The number of hydrogen-bond acceptors (Lipinski definition) is 6. The van der Waals surface area contributed by atoms with Crippen molar-refractivity contribution < 1.29 is 14.1 Å². The first-order valence-corrected chi connectivity index (χ1v) is 9.01. The van der Waals surface area contributed by atoms with Gasteiger partial charge in [-0.3, -0.25) is 9.80 Å². The van der Waals surface area contributed by atoms with E-state index in [4.69, 9.17) is 14.4 Å². The van der Waals surface area contributed by atoms with Crippen molar-refractivity contribution in [1.29, 1.82) is 0 Å². The third-order valence-corrected chi connectivity index (χ3v) is 4.73. The number of nitrogens with zero attached hydrogens (tertiary/aromatic N) is 3. The SMILES string of the molecule is CCOC(=O)C[C@H]1[C@H](C)C(c2cc(C)on2)=NN1c1ccc(Br)cc1. The molecule has 1 aromatic carbocycles. The molecule has 2 atom stereocenters. The summed E-state index contributed by atoms with van der Waals surface area (Å²) in [6.45, 7) is 6.07. The molecule has 6 nitrogen and oxygen atoms in total. The lowest BCUT2D eigenvalue weighted by Gasteiger charge is -2.25. The number of carbonyl (C=O) groups excluding carboxylic acids is 1. The second-order valence-electron chi connectivity index (χ2n) is 5.99. The fourth-order valence-corrected chi connectivity index (χ4v) is 3.21. The fraction of sp³-hybridized carbons (Fsp3) is 0.389. The van der Waals surface area contributed by atoms with Crippen molar-refractivity contribution in [1.82, 2.24) is 5.16 Å². The van der Waals surface area contributed by atoms with Crippen molar-refractivity contribution in [2.45, 2.75) is 33.2 Å². The average Bonchev–Trinajstić information content (AvgIpc) is 3.13. The molecular formula is C18H20BrN3O3. The average molecular weight is 406 g/mol. The third-order valence-electron chi connectivity index (χ3n) is 4.20. The van der Waals surface area contributed by atoms with E-state index in [-0.39, 0.29) is 24.3 Å². The van der Waals surface area contributed by atoms with Crippen LogP contribution in [0.15, 0.2) is 44.4 Å². The Balaban J connectivity index is 1.94. The maximum atomic E-state index is 12.1. The number of halogens is 1. The van der Waals surface area contributed by atoms with Crippen LogP contribution in [0.1, 0.15) is 31.7 Å². The second-order valence-corrected chi connectivity index (χ2v) is 6.91. The first-order valence-electron chi connectivity index (χ1n) is 8.22. The molecule has 1 aliphatic rings. The van der Waals surface area contributed by atoms with E-state index in [0.29, 0.717) is 12.3 Å². The summed E-state index contributed by atoms with van der Waals surface area (Å²) in [4.78, 5) is 12.1. The monoisotopic (exact) mass is 405 g/mol. The van der Waals surface area contributed by atoms with Gasteiger partial charge in [0, 0.05) is 16.5 Å². The molecule has 0 spiro atoms. The lowest BCUT2D eigenvalue weighted by Crippen LogP contribution is -2.35. The van der Waals surface area contributed by atoms with Gasteiger partial charge in [-0.25, -0.2) is 0 Å². The lowest BCUT2D eigenvalue weighted by molar-refractivity contribution is -0.143. The van der Waals surface area contributed by atoms with E-state index in [1.165, 1.54) is 0 Å². The Hall–Kier alpha value is -2.15. The number of hydrazone groups is 1. The molecule has 3 rings (SSSR count). The van der Waals surface area contributed by atoms with Crippen molar-refractivity contribution in [2.75, 3.05) is 11.6 Å². The Morgan fingerprint density at radius 3 is 2.68 bits per heavy atom. The van der Waals surface area contributed by atoms with Crippen LogP contribution in [0.5, 0.6) is 0 Å². The maximum Gasteiger partial charge on any atom is 0.307 e. The molecule has 0 bridgehead atoms. The minimum absolute atomic E-state index is 0.0116. The zero-order valence-corrected chi connectivity index (χ0v) is 16.0. The van der Waals surface area contributed by atoms with Crippen LogP contribution < -0.4 is 5.01 Å². The molecule has 0 N–H and O–H groups in total. The zero-order valence-electron chi connectivity index (χ0n) is 14.4. The van der Waals surface area contributed by atoms with E-state index < -0.39 is 0 Å². The van der Waals surface area contributed by atoms with E-state index >= 15 is 0 Å². The Kier molecular flexibility index (Phi) is 5.22. The highest BCUT2D eigenvalue weighted by Gasteiger charge is 2.38. The van der Waals surface area contributed by atoms with E-state index in [0.717, 1.165) is 21.6 Å². The molecule has 0 amide bonds. The van der Waals surface area contributed by atoms with Crippen LogP contribution in [0.2, 0.25) is 0 Å². The van der Waals surface area contributed by atoms with E-state index in [2.05, 4.69) is 21.1 Å². The smallest absolute Gasteiger partial charge is 0.307 e. The number of ether oxygens (including phenoxy) is 1. The highest BCUT2D eigenvalue weighted by molar-refractivity contribution is 9.10. The molecule has 0 radical (unpaired) electrons. The number of carbonyl (C=O) groups is 1. The van der Waals surface area contributed by atoms with Gasteiger partial charge in [-0.2, -0.15) is 5.10 Å². The number of benzene rings is 1. The number of hydrogen-bond donors (Lipinski definition) is 0. The standard InChI is InChI=1S/C18H20BrN3O3/c1-4-24-17(23)10-16-12(3)18(15-9-11(2)25-21-15)20-22(16)14-7-5-13(19)6-8-14/h5-9,12,16H,4,10H2,1-3H3/t12-,16-/m0/s1. The van der Waals surface area contributed by atoms with Gasteiger partial charge in [-0.15, -0.1) is 0 Å². The van der Waals surface area contributed by atoms with Gasteiger partial charge in [0.25, 0.3) is 0 Å². The van der Waals surface area contributed by atoms with Crippen molar-refractivity contribution in [3.05, 3.63) is 46.3 Å². The minimum Gasteiger partial charge on any atom is -0.466 e. The van der Waals surface area contributed by atoms with Gasteiger partial charge in [0.2, 0.25) is 0 Å². The van der Waals surface area contributed by atoms with E-state index in [1.54, 1.807) is 0 Å². The lowest BCUT2D eigenvalue weighted by atomic mass is 9.93. The summed E-state index contributed by atoms with van der Waals surface area (Å²) in [7, 11) is 0. The first-order chi connectivity index (χ1) is 12.0. The Morgan fingerprint density at radius 1 is 1.36 bits per heavy atom. The topological polar surface area (TPSA) is 67.9 Å². The van der Waals surface area contributed by atoms with Gasteiger partial charge in [-0.05, 0) is 38.1 Å². The molecule has 0 unspecified atom stereocenters. The Labute approximate surface area is 155 Å². The number of aromatic nitrogens is 1. The number of aryl methyl sites for hydroxylation is 1. The second kappa shape index (κ2) is 7.39. The molecular weight excluding hydrogens is 386 g/mol. The van der Waals surface area contributed by atoms with Crippen LogP contribution in [-0.2, 0) is 9.53 Å². The van der Waals surface area contributed by atoms with E-state index in [9.17, 15) is 4.79 Å². The minimum atomic E-state index is -0.228. The molecule has 1 aliphatic heterocycles. The Bertz CT molecular complexity index is 785. The summed E-state index contributed by atoms with van der Waals surface area (Å²) in [5, 5.41) is 10.7. The van der Waals surface area contributed by atoms with Gasteiger partial charge < -0.3 is 9.26 Å². The van der Waals surface area contributed by atoms with Crippen LogP contribution in [0, 0.1) is 12.8 Å². The highest BCUT2D eigenvalue weighted by Crippen LogP contribution is 2.33. The quantitative estimate of drug-likeness (QED) is 0.704. The van der Waals surface area contributed by atoms with Gasteiger partial charge in [0.15, 0.2) is 0 Å². The van der Waals surface area contributed by atoms with Crippen LogP contribution in [0.3, 0.4) is 0 Å². The van der Waals surface area contributed by atoms with Crippen LogP contribution in [-0.4, -0.2) is 29.5 Å². The molecule has 2 aromatic rings.